The smallest absolute Gasteiger partial charge is 0.310 e. The number of aryl methyl sites for hydroxylation is 1. The van der Waals surface area contributed by atoms with Crippen LogP contribution in [0.5, 0.6) is 5.75 Å². The lowest BCUT2D eigenvalue weighted by atomic mass is 10.3. The first kappa shape index (κ1) is 13.1. The minimum absolute atomic E-state index is 0.0443. The van der Waals surface area contributed by atoms with E-state index < -0.39 is 4.92 Å². The van der Waals surface area contributed by atoms with Crippen molar-refractivity contribution in [2.24, 2.45) is 0 Å². The Balaban J connectivity index is 1.82. The molecule has 106 valence electrons. The molecule has 0 aliphatic heterocycles. The first-order valence-electron chi connectivity index (χ1n) is 6.44. The van der Waals surface area contributed by atoms with Gasteiger partial charge in [0.15, 0.2) is 5.75 Å². The molecule has 0 saturated carbocycles. The molecule has 1 aromatic carbocycles. The maximum atomic E-state index is 10.9. The second-order valence-corrected chi connectivity index (χ2v) is 4.72. The molecule has 0 fully saturated rings. The van der Waals surface area contributed by atoms with Crippen LogP contribution in [0.4, 0.5) is 5.69 Å². The summed E-state index contributed by atoms with van der Waals surface area (Å²) in [6.07, 6.45) is 3.83. The molecule has 3 rings (SSSR count). The van der Waals surface area contributed by atoms with Crippen molar-refractivity contribution < 1.29 is 9.66 Å². The molecule has 0 N–H and O–H groups in total. The number of ether oxygens (including phenoxy) is 1. The molecule has 21 heavy (non-hydrogen) atoms. The Morgan fingerprint density at radius 3 is 2.86 bits per heavy atom. The van der Waals surface area contributed by atoms with Gasteiger partial charge in [0.1, 0.15) is 12.3 Å². The molecule has 0 saturated heterocycles. The van der Waals surface area contributed by atoms with E-state index in [0.717, 1.165) is 16.9 Å². The van der Waals surface area contributed by atoms with E-state index in [4.69, 9.17) is 4.74 Å². The fourth-order valence-electron chi connectivity index (χ4n) is 2.11. The maximum Gasteiger partial charge on any atom is 0.310 e. The van der Waals surface area contributed by atoms with E-state index in [1.54, 1.807) is 18.2 Å². The second-order valence-electron chi connectivity index (χ2n) is 4.72. The normalized spacial score (nSPS) is 10.7. The highest BCUT2D eigenvalue weighted by Gasteiger charge is 2.14. The third kappa shape index (κ3) is 2.69. The Hall–Kier alpha value is -2.89. The van der Waals surface area contributed by atoms with Gasteiger partial charge < -0.3 is 9.14 Å². The van der Waals surface area contributed by atoms with Crippen molar-refractivity contribution in [3.63, 3.8) is 0 Å². The summed E-state index contributed by atoms with van der Waals surface area (Å²) in [5.41, 5.74) is 2.63. The largest absolute Gasteiger partial charge is 0.480 e. The van der Waals surface area contributed by atoms with E-state index in [-0.39, 0.29) is 18.0 Å². The maximum absolute atomic E-state index is 10.9. The lowest BCUT2D eigenvalue weighted by molar-refractivity contribution is -0.385. The van der Waals surface area contributed by atoms with Crippen molar-refractivity contribution in [3.05, 3.63) is 70.2 Å². The van der Waals surface area contributed by atoms with Crippen LogP contribution in [0.1, 0.15) is 11.3 Å². The fraction of sp³-hybridized carbons (Fsp3) is 0.133. The van der Waals surface area contributed by atoms with Crippen LogP contribution in [0.3, 0.4) is 0 Å². The predicted molar refractivity (Wildman–Crippen MR) is 77.4 cm³/mol. The first-order chi connectivity index (χ1) is 10.1. The topological polar surface area (TPSA) is 69.7 Å². The van der Waals surface area contributed by atoms with Crippen LogP contribution in [0, 0.1) is 17.0 Å². The number of hydrogen-bond acceptors (Lipinski definition) is 4. The lowest BCUT2D eigenvalue weighted by Crippen LogP contribution is -1.99. The molecule has 6 heteroatoms. The quantitative estimate of drug-likeness (QED) is 0.545. The number of nitro groups is 1. The van der Waals surface area contributed by atoms with Crippen LogP contribution < -0.4 is 4.74 Å². The minimum Gasteiger partial charge on any atom is -0.480 e. The van der Waals surface area contributed by atoms with Crippen molar-refractivity contribution in [1.29, 1.82) is 0 Å². The molecule has 0 spiro atoms. The number of hydrogen-bond donors (Lipinski definition) is 0. The number of benzene rings is 1. The van der Waals surface area contributed by atoms with E-state index in [1.165, 1.54) is 6.07 Å². The summed E-state index contributed by atoms with van der Waals surface area (Å²) in [7, 11) is 0. The van der Waals surface area contributed by atoms with Crippen LogP contribution in [-0.2, 0) is 6.61 Å². The summed E-state index contributed by atoms with van der Waals surface area (Å²) >= 11 is 0. The molecule has 6 nitrogen and oxygen atoms in total. The number of nitro benzene ring substituents is 1. The molecule has 2 aromatic heterocycles. The van der Waals surface area contributed by atoms with Crippen molar-refractivity contribution in [3.8, 4) is 5.75 Å². The molecular weight excluding hydrogens is 270 g/mol. The van der Waals surface area contributed by atoms with E-state index in [0.29, 0.717) is 0 Å². The van der Waals surface area contributed by atoms with Gasteiger partial charge in [-0.2, -0.15) is 0 Å². The van der Waals surface area contributed by atoms with Crippen molar-refractivity contribution in [2.45, 2.75) is 13.5 Å². The molecule has 0 radical (unpaired) electrons. The monoisotopic (exact) mass is 283 g/mol. The average molecular weight is 283 g/mol. The van der Waals surface area contributed by atoms with Gasteiger partial charge in [0.05, 0.1) is 10.6 Å². The van der Waals surface area contributed by atoms with Crippen molar-refractivity contribution in [2.75, 3.05) is 0 Å². The zero-order valence-corrected chi connectivity index (χ0v) is 11.4. The van der Waals surface area contributed by atoms with Gasteiger partial charge in [-0.15, -0.1) is 0 Å². The van der Waals surface area contributed by atoms with Crippen LogP contribution in [-0.4, -0.2) is 14.3 Å². The van der Waals surface area contributed by atoms with Crippen LogP contribution in [0.25, 0.3) is 5.65 Å². The Morgan fingerprint density at radius 1 is 1.24 bits per heavy atom. The number of pyridine rings is 1. The number of aromatic nitrogens is 2. The van der Waals surface area contributed by atoms with Gasteiger partial charge in [-0.1, -0.05) is 18.2 Å². The number of para-hydroxylation sites is 2. The van der Waals surface area contributed by atoms with E-state index >= 15 is 0 Å². The molecule has 2 heterocycles. The van der Waals surface area contributed by atoms with Crippen molar-refractivity contribution >= 4 is 11.3 Å². The van der Waals surface area contributed by atoms with E-state index in [1.807, 2.05) is 35.9 Å². The summed E-state index contributed by atoms with van der Waals surface area (Å²) in [6.45, 7) is 2.19. The number of rotatable bonds is 4. The predicted octanol–water partition coefficient (Wildman–Crippen LogP) is 3.13. The Labute approximate surface area is 120 Å². The summed E-state index contributed by atoms with van der Waals surface area (Å²) in [4.78, 5) is 14.9. The highest BCUT2D eigenvalue weighted by Crippen LogP contribution is 2.26. The summed E-state index contributed by atoms with van der Waals surface area (Å²) in [6, 6.07) is 10.2. The Bertz CT molecular complexity index is 811. The minimum atomic E-state index is -0.456. The molecule has 0 bridgehead atoms. The number of fused-ring (bicyclic) bond motifs is 1. The standard InChI is InChI=1S/C15H13N3O3/c1-11-6-7-15-16-12(9-17(15)8-11)10-21-14-5-3-2-4-13(14)18(19)20/h2-9H,10H2,1H3. The van der Waals surface area contributed by atoms with E-state index in [9.17, 15) is 10.1 Å². The number of nitrogens with zero attached hydrogens (tertiary/aromatic N) is 3. The fourth-order valence-corrected chi connectivity index (χ4v) is 2.11. The molecule has 0 aliphatic rings. The number of imidazole rings is 1. The zero-order chi connectivity index (χ0) is 14.8. The molecule has 0 atom stereocenters. The Kier molecular flexibility index (Phi) is 3.27. The molecule has 0 aliphatic carbocycles. The molecular formula is C15H13N3O3. The van der Waals surface area contributed by atoms with Crippen molar-refractivity contribution in [1.82, 2.24) is 9.38 Å². The third-order valence-electron chi connectivity index (χ3n) is 3.09. The molecule has 0 amide bonds. The van der Waals surface area contributed by atoms with Gasteiger partial charge in [0, 0.05) is 18.5 Å². The summed E-state index contributed by atoms with van der Waals surface area (Å²) in [5.74, 6) is 0.246. The van der Waals surface area contributed by atoms with Crippen LogP contribution in [0.2, 0.25) is 0 Å². The summed E-state index contributed by atoms with van der Waals surface area (Å²) < 4.78 is 7.44. The zero-order valence-electron chi connectivity index (χ0n) is 11.4. The lowest BCUT2D eigenvalue weighted by Gasteiger charge is -2.04. The van der Waals surface area contributed by atoms with Gasteiger partial charge in [-0.05, 0) is 24.6 Å². The van der Waals surface area contributed by atoms with Gasteiger partial charge >= 0.3 is 5.69 Å². The van der Waals surface area contributed by atoms with Crippen LogP contribution >= 0.6 is 0 Å². The van der Waals surface area contributed by atoms with E-state index in [2.05, 4.69) is 4.98 Å². The highest BCUT2D eigenvalue weighted by atomic mass is 16.6. The first-order valence-corrected chi connectivity index (χ1v) is 6.44. The van der Waals surface area contributed by atoms with Gasteiger partial charge in [-0.25, -0.2) is 4.98 Å². The molecule has 0 unspecified atom stereocenters. The Morgan fingerprint density at radius 2 is 2.05 bits per heavy atom. The third-order valence-corrected chi connectivity index (χ3v) is 3.09. The SMILES string of the molecule is Cc1ccc2nc(COc3ccccc3[N+](=O)[O-])cn2c1. The average Bonchev–Trinajstić information content (AvgIpc) is 2.87. The second kappa shape index (κ2) is 5.24. The molecule has 3 aromatic rings. The van der Waals surface area contributed by atoms with Gasteiger partial charge in [0.25, 0.3) is 0 Å². The highest BCUT2D eigenvalue weighted by molar-refractivity contribution is 5.46. The summed E-state index contributed by atoms with van der Waals surface area (Å²) in [5, 5.41) is 10.9. The van der Waals surface area contributed by atoms with Crippen LogP contribution in [0.15, 0.2) is 48.8 Å². The van der Waals surface area contributed by atoms with Gasteiger partial charge in [0.2, 0.25) is 0 Å². The van der Waals surface area contributed by atoms with Gasteiger partial charge in [-0.3, -0.25) is 10.1 Å².